The van der Waals surface area contributed by atoms with Crippen molar-refractivity contribution in [2.75, 3.05) is 37.6 Å². The van der Waals surface area contributed by atoms with Gasteiger partial charge in [-0.2, -0.15) is 9.78 Å². The summed E-state index contributed by atoms with van der Waals surface area (Å²) in [4.78, 5) is 29.9. The van der Waals surface area contributed by atoms with Gasteiger partial charge in [0.05, 0.1) is 17.3 Å². The van der Waals surface area contributed by atoms with Crippen molar-refractivity contribution in [3.05, 3.63) is 100 Å². The minimum Gasteiger partial charge on any atom is -0.481 e. The lowest BCUT2D eigenvalue weighted by atomic mass is 9.85. The van der Waals surface area contributed by atoms with Crippen molar-refractivity contribution < 1.29 is 14.6 Å². The van der Waals surface area contributed by atoms with E-state index in [2.05, 4.69) is 21.8 Å². The lowest BCUT2D eigenvalue weighted by Crippen LogP contribution is -2.46. The number of nitrogens with zero attached hydrogens (tertiary/aromatic N) is 4. The first-order chi connectivity index (χ1) is 20.1. The molecule has 0 bridgehead atoms. The summed E-state index contributed by atoms with van der Waals surface area (Å²) < 4.78 is 7.73. The van der Waals surface area contributed by atoms with Crippen LogP contribution in [0.1, 0.15) is 31.9 Å². The monoisotopic (exact) mass is 566 g/mol. The van der Waals surface area contributed by atoms with E-state index in [1.807, 2.05) is 79.7 Å². The lowest BCUT2D eigenvalue weighted by molar-refractivity contribution is -0.146. The summed E-state index contributed by atoms with van der Waals surface area (Å²) in [5, 5.41) is 14.0. The summed E-state index contributed by atoms with van der Waals surface area (Å²) in [7, 11) is 0. The van der Waals surface area contributed by atoms with E-state index < -0.39 is 11.4 Å². The Morgan fingerprint density at radius 3 is 2.07 bits per heavy atom. The first-order valence-corrected chi connectivity index (χ1v) is 14.4. The van der Waals surface area contributed by atoms with Gasteiger partial charge in [0, 0.05) is 26.2 Å². The van der Waals surface area contributed by atoms with E-state index >= 15 is 0 Å². The minimum atomic E-state index is -0.825. The highest BCUT2D eigenvalue weighted by molar-refractivity contribution is 5.74. The number of anilines is 1. The maximum absolute atomic E-state index is 13.8. The Morgan fingerprint density at radius 1 is 0.905 bits per heavy atom. The average Bonchev–Trinajstić information content (AvgIpc) is 2.99. The van der Waals surface area contributed by atoms with Crippen LogP contribution in [0.4, 0.5) is 5.69 Å². The van der Waals surface area contributed by atoms with E-state index in [1.165, 1.54) is 4.68 Å². The summed E-state index contributed by atoms with van der Waals surface area (Å²) in [5.74, 6) is 0.00723. The summed E-state index contributed by atoms with van der Waals surface area (Å²) >= 11 is 0. The number of aromatic nitrogens is 2. The number of aliphatic carboxylic acids is 1. The molecule has 0 amide bonds. The van der Waals surface area contributed by atoms with Gasteiger partial charge in [0.2, 0.25) is 5.75 Å². The molecule has 3 aromatic carbocycles. The second kappa shape index (κ2) is 12.2. The van der Waals surface area contributed by atoms with Crippen LogP contribution in [0, 0.1) is 12.3 Å². The van der Waals surface area contributed by atoms with Crippen molar-refractivity contribution in [1.82, 2.24) is 14.7 Å². The van der Waals surface area contributed by atoms with E-state index in [0.717, 1.165) is 55.0 Å². The fourth-order valence-electron chi connectivity index (χ4n) is 5.16. The standard InChI is InChI=1S/C34H38N4O4/c1-5-36-18-20-37(21-19-36)30-23-35-38(28-14-6-24(2)7-15-28)32(39)31(30)42-29-16-12-27(13-17-29)26-10-8-25(9-11-26)22-34(3,4)33(40)41/h6-17,23H,5,18-22H2,1-4H3,(H,40,41). The Balaban J connectivity index is 1.41. The van der Waals surface area contributed by atoms with Gasteiger partial charge in [-0.15, -0.1) is 0 Å². The molecule has 4 aromatic rings. The Labute approximate surface area is 246 Å². The second-order valence-corrected chi connectivity index (χ2v) is 11.5. The Kier molecular flexibility index (Phi) is 8.45. The van der Waals surface area contributed by atoms with E-state index in [-0.39, 0.29) is 11.3 Å². The lowest BCUT2D eigenvalue weighted by Gasteiger charge is -2.35. The predicted octanol–water partition coefficient (Wildman–Crippen LogP) is 5.80. The number of ether oxygens (including phenoxy) is 1. The molecule has 0 aliphatic carbocycles. The number of rotatable bonds is 9. The first kappa shape index (κ1) is 29.1. The fourth-order valence-corrected chi connectivity index (χ4v) is 5.16. The van der Waals surface area contributed by atoms with Crippen LogP contribution < -0.4 is 15.2 Å². The van der Waals surface area contributed by atoms with E-state index in [4.69, 9.17) is 4.74 Å². The van der Waals surface area contributed by atoms with Gasteiger partial charge in [0.1, 0.15) is 11.4 Å². The van der Waals surface area contributed by atoms with Crippen LogP contribution >= 0.6 is 0 Å². The molecule has 1 saturated heterocycles. The number of likely N-dealkylation sites (N-methyl/N-ethyl adjacent to an activating group) is 1. The van der Waals surface area contributed by atoms with E-state index in [9.17, 15) is 14.7 Å². The number of aryl methyl sites for hydroxylation is 1. The van der Waals surface area contributed by atoms with Crippen LogP contribution in [0.25, 0.3) is 16.8 Å². The molecule has 42 heavy (non-hydrogen) atoms. The quantitative estimate of drug-likeness (QED) is 0.274. The van der Waals surface area contributed by atoms with Gasteiger partial charge in [0.15, 0.2) is 0 Å². The van der Waals surface area contributed by atoms with Crippen LogP contribution in [-0.2, 0) is 11.2 Å². The molecule has 0 saturated carbocycles. The highest BCUT2D eigenvalue weighted by atomic mass is 16.5. The third-order valence-electron chi connectivity index (χ3n) is 7.94. The third-order valence-corrected chi connectivity index (χ3v) is 7.94. The smallest absolute Gasteiger partial charge is 0.316 e. The molecular formula is C34H38N4O4. The molecule has 1 N–H and O–H groups in total. The van der Waals surface area contributed by atoms with Gasteiger partial charge in [-0.05, 0) is 74.7 Å². The van der Waals surface area contributed by atoms with Crippen LogP contribution in [0.5, 0.6) is 11.5 Å². The SMILES string of the molecule is CCN1CCN(c2cnn(-c3ccc(C)cc3)c(=O)c2Oc2ccc(-c3ccc(CC(C)(C)C(=O)O)cc3)cc2)CC1. The minimum absolute atomic E-state index is 0.258. The van der Waals surface area contributed by atoms with Gasteiger partial charge < -0.3 is 19.6 Å². The Morgan fingerprint density at radius 2 is 1.50 bits per heavy atom. The maximum Gasteiger partial charge on any atom is 0.316 e. The molecule has 0 spiro atoms. The number of hydrogen-bond donors (Lipinski definition) is 1. The molecule has 0 radical (unpaired) electrons. The van der Waals surface area contributed by atoms with Crippen molar-refractivity contribution in [1.29, 1.82) is 0 Å². The normalized spacial score (nSPS) is 14.1. The Bertz CT molecular complexity index is 1590. The fraction of sp³-hybridized carbons (Fsp3) is 0.324. The molecular weight excluding hydrogens is 528 g/mol. The highest BCUT2D eigenvalue weighted by Crippen LogP contribution is 2.32. The zero-order valence-corrected chi connectivity index (χ0v) is 24.7. The number of piperazine rings is 1. The summed E-state index contributed by atoms with van der Waals surface area (Å²) in [6.45, 7) is 12.0. The summed E-state index contributed by atoms with van der Waals surface area (Å²) in [5.41, 5.74) is 4.33. The van der Waals surface area contributed by atoms with E-state index in [1.54, 1.807) is 20.0 Å². The van der Waals surface area contributed by atoms with Gasteiger partial charge in [-0.3, -0.25) is 9.59 Å². The molecule has 1 aliphatic heterocycles. The average molecular weight is 567 g/mol. The van der Waals surface area contributed by atoms with Crippen LogP contribution in [0.15, 0.2) is 83.8 Å². The molecule has 1 aliphatic rings. The van der Waals surface area contributed by atoms with Crippen LogP contribution in [0.3, 0.4) is 0 Å². The largest absolute Gasteiger partial charge is 0.481 e. The van der Waals surface area contributed by atoms with Crippen molar-refractivity contribution in [3.63, 3.8) is 0 Å². The molecule has 2 heterocycles. The number of carboxylic acids is 1. The summed E-state index contributed by atoms with van der Waals surface area (Å²) in [6, 6.07) is 23.3. The van der Waals surface area contributed by atoms with Gasteiger partial charge in [-0.1, -0.05) is 61.0 Å². The van der Waals surface area contributed by atoms with Crippen molar-refractivity contribution >= 4 is 11.7 Å². The molecule has 1 fully saturated rings. The van der Waals surface area contributed by atoms with Crippen molar-refractivity contribution in [2.24, 2.45) is 5.41 Å². The topological polar surface area (TPSA) is 87.9 Å². The highest BCUT2D eigenvalue weighted by Gasteiger charge is 2.27. The zero-order valence-electron chi connectivity index (χ0n) is 24.7. The van der Waals surface area contributed by atoms with Gasteiger partial charge >= 0.3 is 11.5 Å². The predicted molar refractivity (Wildman–Crippen MR) is 166 cm³/mol. The van der Waals surface area contributed by atoms with Crippen LogP contribution in [0.2, 0.25) is 0 Å². The van der Waals surface area contributed by atoms with E-state index in [0.29, 0.717) is 23.5 Å². The van der Waals surface area contributed by atoms with Gasteiger partial charge in [-0.25, -0.2) is 0 Å². The van der Waals surface area contributed by atoms with Crippen LogP contribution in [-0.4, -0.2) is 58.5 Å². The molecule has 8 heteroatoms. The molecule has 1 aromatic heterocycles. The summed E-state index contributed by atoms with van der Waals surface area (Å²) in [6.07, 6.45) is 2.19. The molecule has 5 rings (SSSR count). The number of hydrogen-bond acceptors (Lipinski definition) is 6. The number of benzene rings is 3. The van der Waals surface area contributed by atoms with Crippen molar-refractivity contribution in [2.45, 2.75) is 34.1 Å². The molecule has 0 atom stereocenters. The maximum atomic E-state index is 13.8. The van der Waals surface area contributed by atoms with Gasteiger partial charge in [0.25, 0.3) is 0 Å². The second-order valence-electron chi connectivity index (χ2n) is 11.5. The zero-order chi connectivity index (χ0) is 29.9. The molecule has 218 valence electrons. The Hall–Kier alpha value is -4.43. The number of carbonyl (C=O) groups is 1. The van der Waals surface area contributed by atoms with Crippen molar-refractivity contribution in [3.8, 4) is 28.3 Å². The number of carboxylic acid groups (broad SMARTS) is 1. The third kappa shape index (κ3) is 6.39. The first-order valence-electron chi connectivity index (χ1n) is 14.4. The molecule has 0 unspecified atom stereocenters. The molecule has 8 nitrogen and oxygen atoms in total.